The number of imidazole rings is 1. The van der Waals surface area contributed by atoms with Crippen molar-refractivity contribution in [2.45, 2.75) is 53.0 Å². The summed E-state index contributed by atoms with van der Waals surface area (Å²) in [6, 6.07) is 0.297. The minimum absolute atomic E-state index is 0.0431. The number of rotatable bonds is 2. The molecular weight excluding hydrogens is 250 g/mol. The van der Waals surface area contributed by atoms with Gasteiger partial charge in [-0.2, -0.15) is 5.10 Å². The molecule has 0 radical (unpaired) electrons. The second-order valence-electron chi connectivity index (χ2n) is 6.67. The molecule has 0 fully saturated rings. The molecule has 0 spiro atoms. The van der Waals surface area contributed by atoms with Crippen molar-refractivity contribution in [3.8, 4) is 11.3 Å². The summed E-state index contributed by atoms with van der Waals surface area (Å²) in [7, 11) is 1.93. The first-order valence-electron chi connectivity index (χ1n) is 7.01. The van der Waals surface area contributed by atoms with Crippen LogP contribution >= 0.6 is 0 Å². The summed E-state index contributed by atoms with van der Waals surface area (Å²) in [5.74, 6) is 1.66. The Bertz CT molecular complexity index is 625. The molecular formula is C15H25N5. The number of hydrogen-bond donors (Lipinski definition) is 1. The van der Waals surface area contributed by atoms with E-state index >= 15 is 0 Å². The SMILES string of the molecule is Cc1nc(-c2cn(C)nc2C(C)(C)C)c(N)n1C(C)C. The van der Waals surface area contributed by atoms with E-state index in [2.05, 4.69) is 49.3 Å². The standard InChI is InChI=1S/C15H25N5/c1-9(2)20-10(3)17-12(14(20)16)11-8-19(7)18-13(11)15(4,5)6/h8-9H,16H2,1-7H3. The van der Waals surface area contributed by atoms with Gasteiger partial charge >= 0.3 is 0 Å². The monoisotopic (exact) mass is 275 g/mol. The number of nitrogens with zero attached hydrogens (tertiary/aromatic N) is 4. The molecule has 0 unspecified atom stereocenters. The lowest BCUT2D eigenvalue weighted by molar-refractivity contribution is 0.554. The Balaban J connectivity index is 2.67. The zero-order valence-corrected chi connectivity index (χ0v) is 13.5. The van der Waals surface area contributed by atoms with Crippen LogP contribution in [-0.4, -0.2) is 19.3 Å². The van der Waals surface area contributed by atoms with Crippen LogP contribution in [0.4, 0.5) is 5.82 Å². The summed E-state index contributed by atoms with van der Waals surface area (Å²) in [5.41, 5.74) is 9.18. The number of nitrogens with two attached hydrogens (primary N) is 1. The zero-order chi connectivity index (χ0) is 15.2. The van der Waals surface area contributed by atoms with Gasteiger partial charge in [-0.3, -0.25) is 4.68 Å². The Morgan fingerprint density at radius 2 is 1.85 bits per heavy atom. The quantitative estimate of drug-likeness (QED) is 0.916. The van der Waals surface area contributed by atoms with Crippen molar-refractivity contribution in [3.05, 3.63) is 17.7 Å². The van der Waals surface area contributed by atoms with Crippen molar-refractivity contribution < 1.29 is 0 Å². The molecule has 0 saturated carbocycles. The fraction of sp³-hybridized carbons (Fsp3) is 0.600. The van der Waals surface area contributed by atoms with Crippen LogP contribution in [0.1, 0.15) is 52.2 Å². The third-order valence-corrected chi connectivity index (χ3v) is 3.44. The fourth-order valence-electron chi connectivity index (χ4n) is 2.63. The van der Waals surface area contributed by atoms with Crippen molar-refractivity contribution in [1.29, 1.82) is 0 Å². The molecule has 0 aliphatic rings. The van der Waals surface area contributed by atoms with Crippen LogP contribution in [0.2, 0.25) is 0 Å². The van der Waals surface area contributed by atoms with Gasteiger partial charge in [0.05, 0.1) is 5.69 Å². The van der Waals surface area contributed by atoms with E-state index in [1.807, 2.05) is 24.9 Å². The number of aryl methyl sites for hydroxylation is 2. The molecule has 0 aliphatic heterocycles. The van der Waals surface area contributed by atoms with E-state index in [9.17, 15) is 0 Å². The van der Waals surface area contributed by atoms with Crippen molar-refractivity contribution in [2.75, 3.05) is 5.73 Å². The maximum Gasteiger partial charge on any atom is 0.132 e. The number of aromatic nitrogens is 4. The van der Waals surface area contributed by atoms with Gasteiger partial charge in [-0.15, -0.1) is 0 Å². The Kier molecular flexibility index (Phi) is 3.40. The molecule has 110 valence electrons. The predicted molar refractivity (Wildman–Crippen MR) is 82.7 cm³/mol. The molecule has 2 N–H and O–H groups in total. The maximum atomic E-state index is 6.32. The van der Waals surface area contributed by atoms with E-state index < -0.39 is 0 Å². The third-order valence-electron chi connectivity index (χ3n) is 3.44. The van der Waals surface area contributed by atoms with E-state index in [-0.39, 0.29) is 5.41 Å². The lowest BCUT2D eigenvalue weighted by Gasteiger charge is -2.17. The van der Waals surface area contributed by atoms with Crippen LogP contribution in [0.25, 0.3) is 11.3 Å². The highest BCUT2D eigenvalue weighted by Gasteiger charge is 2.26. The Hall–Kier alpha value is -1.78. The molecule has 0 amide bonds. The topological polar surface area (TPSA) is 61.7 Å². The van der Waals surface area contributed by atoms with Gasteiger partial charge in [-0.05, 0) is 20.8 Å². The van der Waals surface area contributed by atoms with Crippen molar-refractivity contribution in [2.24, 2.45) is 7.05 Å². The van der Waals surface area contributed by atoms with Gasteiger partial charge in [0.2, 0.25) is 0 Å². The molecule has 2 aromatic heterocycles. The van der Waals surface area contributed by atoms with Crippen LogP contribution in [-0.2, 0) is 12.5 Å². The molecule has 20 heavy (non-hydrogen) atoms. The summed E-state index contributed by atoms with van der Waals surface area (Å²) >= 11 is 0. The Morgan fingerprint density at radius 1 is 1.25 bits per heavy atom. The number of anilines is 1. The average molecular weight is 275 g/mol. The normalized spacial score (nSPS) is 12.4. The molecule has 5 heteroatoms. The molecule has 2 aromatic rings. The Morgan fingerprint density at radius 3 is 2.30 bits per heavy atom. The average Bonchev–Trinajstić information content (AvgIpc) is 2.78. The number of nitrogen functional groups attached to an aromatic ring is 1. The molecule has 0 atom stereocenters. The fourth-order valence-corrected chi connectivity index (χ4v) is 2.63. The molecule has 0 aliphatic carbocycles. The smallest absolute Gasteiger partial charge is 0.132 e. The van der Waals surface area contributed by atoms with Crippen molar-refractivity contribution in [3.63, 3.8) is 0 Å². The molecule has 2 rings (SSSR count). The summed E-state index contributed by atoms with van der Waals surface area (Å²) in [4.78, 5) is 4.67. The predicted octanol–water partition coefficient (Wildman–Crippen LogP) is 3.05. The van der Waals surface area contributed by atoms with Crippen LogP contribution in [0.3, 0.4) is 0 Å². The highest BCUT2D eigenvalue weighted by Crippen LogP contribution is 2.35. The minimum atomic E-state index is -0.0431. The van der Waals surface area contributed by atoms with Gasteiger partial charge in [-0.1, -0.05) is 20.8 Å². The van der Waals surface area contributed by atoms with Crippen LogP contribution in [0.5, 0.6) is 0 Å². The largest absolute Gasteiger partial charge is 0.383 e. The van der Waals surface area contributed by atoms with Gasteiger partial charge < -0.3 is 10.3 Å². The maximum absolute atomic E-state index is 6.32. The van der Waals surface area contributed by atoms with Crippen molar-refractivity contribution in [1.82, 2.24) is 19.3 Å². The lowest BCUT2D eigenvalue weighted by Crippen LogP contribution is -2.14. The van der Waals surface area contributed by atoms with Gasteiger partial charge in [0.25, 0.3) is 0 Å². The molecule has 2 heterocycles. The zero-order valence-electron chi connectivity index (χ0n) is 13.5. The first-order chi connectivity index (χ1) is 9.12. The molecule has 5 nitrogen and oxygen atoms in total. The van der Waals surface area contributed by atoms with E-state index in [1.165, 1.54) is 0 Å². The van der Waals surface area contributed by atoms with Gasteiger partial charge in [0.15, 0.2) is 0 Å². The second-order valence-corrected chi connectivity index (χ2v) is 6.67. The van der Waals surface area contributed by atoms with Gasteiger partial charge in [0, 0.05) is 30.3 Å². The highest BCUT2D eigenvalue weighted by molar-refractivity contribution is 5.73. The summed E-state index contributed by atoms with van der Waals surface area (Å²) in [6.45, 7) is 12.7. The Labute approximate surface area is 120 Å². The highest BCUT2D eigenvalue weighted by atomic mass is 15.3. The second kappa shape index (κ2) is 4.65. The molecule has 0 bridgehead atoms. The van der Waals surface area contributed by atoms with Crippen LogP contribution < -0.4 is 5.73 Å². The van der Waals surface area contributed by atoms with Crippen LogP contribution in [0, 0.1) is 6.92 Å². The summed E-state index contributed by atoms with van der Waals surface area (Å²) in [5, 5.41) is 4.60. The molecule has 0 aromatic carbocycles. The first-order valence-corrected chi connectivity index (χ1v) is 7.01. The summed E-state index contributed by atoms with van der Waals surface area (Å²) in [6.07, 6.45) is 2.00. The minimum Gasteiger partial charge on any atom is -0.383 e. The van der Waals surface area contributed by atoms with E-state index in [0.717, 1.165) is 28.6 Å². The number of hydrogen-bond acceptors (Lipinski definition) is 3. The van der Waals surface area contributed by atoms with Gasteiger partial charge in [-0.25, -0.2) is 4.98 Å². The van der Waals surface area contributed by atoms with Crippen LogP contribution in [0.15, 0.2) is 6.20 Å². The van der Waals surface area contributed by atoms with E-state index in [1.54, 1.807) is 0 Å². The molecule has 0 saturated heterocycles. The van der Waals surface area contributed by atoms with E-state index in [4.69, 9.17) is 5.73 Å². The third kappa shape index (κ3) is 2.32. The van der Waals surface area contributed by atoms with Crippen molar-refractivity contribution >= 4 is 5.82 Å². The van der Waals surface area contributed by atoms with Gasteiger partial charge in [0.1, 0.15) is 17.3 Å². The lowest BCUT2D eigenvalue weighted by atomic mass is 9.89. The summed E-state index contributed by atoms with van der Waals surface area (Å²) < 4.78 is 3.90. The first kappa shape index (κ1) is 14.6. The van der Waals surface area contributed by atoms with E-state index in [0.29, 0.717) is 6.04 Å².